The zero-order valence-corrected chi connectivity index (χ0v) is 12.9. The van der Waals surface area contributed by atoms with Crippen LogP contribution in [0.3, 0.4) is 0 Å². The number of esters is 1. The van der Waals surface area contributed by atoms with Crippen LogP contribution in [0, 0.1) is 5.82 Å². The molecule has 0 aliphatic carbocycles. The lowest BCUT2D eigenvalue weighted by atomic mass is 9.99. The SMILES string of the molecule is C=CC(=O)Oc1ccc(-c2ccc(-c3ccccc3)c(F)c2)cc1. The summed E-state index contributed by atoms with van der Waals surface area (Å²) < 4.78 is 19.5. The van der Waals surface area contributed by atoms with Crippen LogP contribution in [0.25, 0.3) is 22.3 Å². The lowest BCUT2D eigenvalue weighted by Gasteiger charge is -2.08. The number of hydrogen-bond donors (Lipinski definition) is 0. The highest BCUT2D eigenvalue weighted by atomic mass is 19.1. The van der Waals surface area contributed by atoms with Gasteiger partial charge in [0, 0.05) is 11.6 Å². The predicted octanol–water partition coefficient (Wildman–Crippen LogP) is 5.25. The number of benzene rings is 3. The van der Waals surface area contributed by atoms with Crippen molar-refractivity contribution in [3.05, 3.63) is 91.3 Å². The van der Waals surface area contributed by atoms with Crippen molar-refractivity contribution in [1.29, 1.82) is 0 Å². The minimum atomic E-state index is -0.513. The molecule has 0 bridgehead atoms. The maximum Gasteiger partial charge on any atom is 0.335 e. The maximum absolute atomic E-state index is 14.4. The second-order valence-corrected chi connectivity index (χ2v) is 5.21. The molecule has 0 aromatic heterocycles. The van der Waals surface area contributed by atoms with E-state index < -0.39 is 5.97 Å². The Kier molecular flexibility index (Phi) is 4.52. The van der Waals surface area contributed by atoms with Gasteiger partial charge >= 0.3 is 5.97 Å². The van der Waals surface area contributed by atoms with Gasteiger partial charge in [-0.15, -0.1) is 0 Å². The van der Waals surface area contributed by atoms with Gasteiger partial charge in [-0.3, -0.25) is 0 Å². The van der Waals surface area contributed by atoms with Gasteiger partial charge in [0.15, 0.2) is 0 Å². The molecule has 0 amide bonds. The van der Waals surface area contributed by atoms with Crippen LogP contribution in [0.15, 0.2) is 85.5 Å². The van der Waals surface area contributed by atoms with E-state index in [1.165, 1.54) is 6.07 Å². The standard InChI is InChI=1S/C21H15FO2/c1-2-21(23)24-18-11-8-15(9-12-18)17-10-13-19(20(22)14-17)16-6-4-3-5-7-16/h2-14H,1H2. The Bertz CT molecular complexity index is 868. The topological polar surface area (TPSA) is 26.3 Å². The van der Waals surface area contributed by atoms with Gasteiger partial charge in [0.25, 0.3) is 0 Å². The van der Waals surface area contributed by atoms with Crippen molar-refractivity contribution < 1.29 is 13.9 Å². The van der Waals surface area contributed by atoms with E-state index in [4.69, 9.17) is 4.74 Å². The third-order valence-electron chi connectivity index (χ3n) is 3.63. The van der Waals surface area contributed by atoms with Crippen molar-refractivity contribution in [2.45, 2.75) is 0 Å². The highest BCUT2D eigenvalue weighted by Crippen LogP contribution is 2.28. The minimum absolute atomic E-state index is 0.277. The largest absolute Gasteiger partial charge is 0.423 e. The molecule has 0 heterocycles. The highest BCUT2D eigenvalue weighted by Gasteiger charge is 2.08. The molecule has 3 aromatic rings. The highest BCUT2D eigenvalue weighted by molar-refractivity contribution is 5.83. The number of halogens is 1. The molecule has 2 nitrogen and oxygen atoms in total. The predicted molar refractivity (Wildman–Crippen MR) is 93.1 cm³/mol. The Balaban J connectivity index is 1.86. The summed E-state index contributed by atoms with van der Waals surface area (Å²) >= 11 is 0. The Morgan fingerprint density at radius 3 is 2.17 bits per heavy atom. The average molecular weight is 318 g/mol. The molecule has 0 atom stereocenters. The van der Waals surface area contributed by atoms with Gasteiger partial charge in [0.05, 0.1) is 0 Å². The lowest BCUT2D eigenvalue weighted by molar-refractivity contribution is -0.128. The summed E-state index contributed by atoms with van der Waals surface area (Å²) in [5, 5.41) is 0. The molecule has 0 saturated heterocycles. The van der Waals surface area contributed by atoms with Crippen LogP contribution in [-0.4, -0.2) is 5.97 Å². The number of carbonyl (C=O) groups excluding carboxylic acids is 1. The maximum atomic E-state index is 14.4. The molecule has 3 aromatic carbocycles. The Labute approximate surface area is 139 Å². The quantitative estimate of drug-likeness (QED) is 0.373. The molecule has 24 heavy (non-hydrogen) atoms. The van der Waals surface area contributed by atoms with Crippen molar-refractivity contribution in [3.8, 4) is 28.0 Å². The van der Waals surface area contributed by atoms with E-state index in [-0.39, 0.29) is 5.82 Å². The molecule has 0 saturated carbocycles. The summed E-state index contributed by atoms with van der Waals surface area (Å²) in [4.78, 5) is 11.2. The van der Waals surface area contributed by atoms with E-state index in [0.29, 0.717) is 11.3 Å². The van der Waals surface area contributed by atoms with Gasteiger partial charge in [-0.1, -0.05) is 61.2 Å². The zero-order chi connectivity index (χ0) is 16.9. The van der Waals surface area contributed by atoms with Crippen LogP contribution in [0.2, 0.25) is 0 Å². The van der Waals surface area contributed by atoms with E-state index in [1.807, 2.05) is 36.4 Å². The first kappa shape index (κ1) is 15.7. The Hall–Kier alpha value is -3.20. The number of carbonyl (C=O) groups is 1. The van der Waals surface area contributed by atoms with Gasteiger partial charge in [-0.25, -0.2) is 9.18 Å². The van der Waals surface area contributed by atoms with Gasteiger partial charge in [0.2, 0.25) is 0 Å². The van der Waals surface area contributed by atoms with Crippen molar-refractivity contribution in [2.75, 3.05) is 0 Å². The molecule has 0 fully saturated rings. The van der Waals surface area contributed by atoms with Crippen molar-refractivity contribution in [1.82, 2.24) is 0 Å². The number of rotatable bonds is 4. The normalized spacial score (nSPS) is 10.2. The fourth-order valence-electron chi connectivity index (χ4n) is 2.42. The molecule has 3 rings (SSSR count). The molecule has 0 spiro atoms. The monoisotopic (exact) mass is 318 g/mol. The summed E-state index contributed by atoms with van der Waals surface area (Å²) in [5.41, 5.74) is 3.00. The first-order valence-electron chi connectivity index (χ1n) is 7.47. The van der Waals surface area contributed by atoms with Crippen molar-refractivity contribution in [2.24, 2.45) is 0 Å². The molecular formula is C21H15FO2. The van der Waals surface area contributed by atoms with E-state index in [2.05, 4.69) is 6.58 Å². The third-order valence-corrected chi connectivity index (χ3v) is 3.63. The third kappa shape index (κ3) is 3.41. The Morgan fingerprint density at radius 2 is 1.54 bits per heavy atom. The van der Waals surface area contributed by atoms with Gasteiger partial charge in [0.1, 0.15) is 11.6 Å². The average Bonchev–Trinajstić information content (AvgIpc) is 2.63. The lowest BCUT2D eigenvalue weighted by Crippen LogP contribution is -2.02. The van der Waals surface area contributed by atoms with Gasteiger partial charge < -0.3 is 4.74 Å². The molecule has 3 heteroatoms. The molecule has 0 aliphatic rings. The number of ether oxygens (including phenoxy) is 1. The molecule has 0 unspecified atom stereocenters. The molecular weight excluding hydrogens is 303 g/mol. The fourth-order valence-corrected chi connectivity index (χ4v) is 2.42. The molecule has 0 N–H and O–H groups in total. The van der Waals surface area contributed by atoms with Gasteiger partial charge in [-0.2, -0.15) is 0 Å². The summed E-state index contributed by atoms with van der Waals surface area (Å²) in [6, 6.07) is 21.5. The first-order valence-corrected chi connectivity index (χ1v) is 7.47. The van der Waals surface area contributed by atoms with Crippen LogP contribution in [0.1, 0.15) is 0 Å². The summed E-state index contributed by atoms with van der Waals surface area (Å²) in [5.74, 6) is -0.369. The Morgan fingerprint density at radius 1 is 0.875 bits per heavy atom. The van der Waals surface area contributed by atoms with Crippen molar-refractivity contribution in [3.63, 3.8) is 0 Å². The fraction of sp³-hybridized carbons (Fsp3) is 0. The smallest absolute Gasteiger partial charge is 0.335 e. The molecule has 0 aliphatic heterocycles. The van der Waals surface area contributed by atoms with E-state index >= 15 is 0 Å². The van der Waals surface area contributed by atoms with E-state index in [0.717, 1.165) is 22.8 Å². The van der Waals surface area contributed by atoms with E-state index in [1.54, 1.807) is 30.3 Å². The van der Waals surface area contributed by atoms with Gasteiger partial charge in [-0.05, 0) is 34.9 Å². The number of hydrogen-bond acceptors (Lipinski definition) is 2. The molecule has 0 radical (unpaired) electrons. The van der Waals surface area contributed by atoms with Crippen LogP contribution in [0.5, 0.6) is 5.75 Å². The van der Waals surface area contributed by atoms with Crippen LogP contribution in [0.4, 0.5) is 4.39 Å². The second kappa shape index (κ2) is 6.92. The van der Waals surface area contributed by atoms with Crippen LogP contribution >= 0.6 is 0 Å². The summed E-state index contributed by atoms with van der Waals surface area (Å²) in [6.45, 7) is 3.35. The zero-order valence-electron chi connectivity index (χ0n) is 12.9. The summed E-state index contributed by atoms with van der Waals surface area (Å²) in [6.07, 6.45) is 1.10. The molecule has 118 valence electrons. The first-order chi connectivity index (χ1) is 11.7. The summed E-state index contributed by atoms with van der Waals surface area (Å²) in [7, 11) is 0. The van der Waals surface area contributed by atoms with Crippen LogP contribution in [-0.2, 0) is 4.79 Å². The van der Waals surface area contributed by atoms with Crippen molar-refractivity contribution >= 4 is 5.97 Å². The van der Waals surface area contributed by atoms with E-state index in [9.17, 15) is 9.18 Å². The van der Waals surface area contributed by atoms with Crippen LogP contribution < -0.4 is 4.74 Å². The minimum Gasteiger partial charge on any atom is -0.423 e. The second-order valence-electron chi connectivity index (χ2n) is 5.21.